The minimum Gasteiger partial charge on any atom is -0.497 e. The Kier molecular flexibility index (Phi) is 9.01. The molecule has 0 saturated carbocycles. The molecule has 6 rings (SSSR count). The number of ketones is 3. The number of anilines is 1. The summed E-state index contributed by atoms with van der Waals surface area (Å²) in [6, 6.07) is 28.1. The number of hydrogen-bond donors (Lipinski definition) is 0. The number of rotatable bonds is 9. The van der Waals surface area contributed by atoms with Crippen molar-refractivity contribution in [3.8, 4) is 11.5 Å². The number of para-hydroxylation sites is 1. The van der Waals surface area contributed by atoms with Gasteiger partial charge < -0.3 is 14.2 Å². The Bertz CT molecular complexity index is 2010. The first-order chi connectivity index (χ1) is 23.9. The number of hydrogen-bond acceptors (Lipinski definition) is 8. The number of carbonyl (C=O) groups is 5. The molecule has 1 spiro atoms. The van der Waals surface area contributed by atoms with Gasteiger partial charge in [0.1, 0.15) is 17.1 Å². The molecule has 4 aromatic rings. The summed E-state index contributed by atoms with van der Waals surface area (Å²) in [6.45, 7) is 5.07. The van der Waals surface area contributed by atoms with E-state index in [4.69, 9.17) is 14.2 Å². The van der Waals surface area contributed by atoms with Crippen LogP contribution < -0.4 is 14.4 Å². The maximum absolute atomic E-state index is 15.2. The molecule has 4 aromatic carbocycles. The minimum absolute atomic E-state index is 0.0609. The van der Waals surface area contributed by atoms with Crippen molar-refractivity contribution in [3.05, 3.63) is 137 Å². The van der Waals surface area contributed by atoms with Crippen molar-refractivity contribution in [2.45, 2.75) is 38.2 Å². The Balaban J connectivity index is 1.58. The average Bonchev–Trinajstić information content (AvgIpc) is 3.59. The lowest BCUT2D eigenvalue weighted by Crippen LogP contribution is -2.53. The summed E-state index contributed by atoms with van der Waals surface area (Å²) in [5.74, 6) is -3.35. The van der Waals surface area contributed by atoms with E-state index < -0.39 is 46.4 Å². The van der Waals surface area contributed by atoms with E-state index in [1.54, 1.807) is 130 Å². The number of Topliss-reactive ketones (excluding diaryl/α,β-unsaturated/α-hetero) is 3. The van der Waals surface area contributed by atoms with Crippen molar-refractivity contribution in [1.29, 1.82) is 0 Å². The highest BCUT2D eigenvalue weighted by Crippen LogP contribution is 2.59. The van der Waals surface area contributed by atoms with Crippen LogP contribution in [-0.2, 0) is 14.9 Å². The van der Waals surface area contributed by atoms with Crippen LogP contribution in [0.1, 0.15) is 63.8 Å². The molecule has 0 saturated heterocycles. The van der Waals surface area contributed by atoms with E-state index in [1.807, 2.05) is 0 Å². The van der Waals surface area contributed by atoms with Gasteiger partial charge in [-0.1, -0.05) is 54.6 Å². The number of fused-ring (bicyclic) bond motifs is 2. The Hall–Kier alpha value is -5.83. The summed E-state index contributed by atoms with van der Waals surface area (Å²) >= 11 is 0. The predicted molar refractivity (Wildman–Crippen MR) is 187 cm³/mol. The molecule has 1 heterocycles. The molecule has 3 atom stereocenters. The van der Waals surface area contributed by atoms with Crippen LogP contribution in [0.5, 0.6) is 11.5 Å². The molecule has 0 radical (unpaired) electrons. The lowest BCUT2D eigenvalue weighted by Gasteiger charge is -2.36. The first-order valence-corrected chi connectivity index (χ1v) is 16.2. The van der Waals surface area contributed by atoms with Crippen molar-refractivity contribution in [3.63, 3.8) is 0 Å². The number of ether oxygens (including phenoxy) is 3. The second kappa shape index (κ2) is 13.2. The summed E-state index contributed by atoms with van der Waals surface area (Å²) in [6.07, 6.45) is 0.423. The fourth-order valence-electron chi connectivity index (χ4n) is 7.01. The molecule has 254 valence electrons. The second-order valence-electron chi connectivity index (χ2n) is 13.3. The first kappa shape index (κ1) is 34.0. The number of nitrogens with zero attached hydrogens (tertiary/aromatic N) is 1. The second-order valence-corrected chi connectivity index (χ2v) is 13.3. The molecule has 0 aromatic heterocycles. The fraction of sp³-hybridized carbons (Fsp3) is 0.244. The van der Waals surface area contributed by atoms with Gasteiger partial charge in [0, 0.05) is 34.6 Å². The molecule has 2 amide bonds. The maximum Gasteiger partial charge on any atom is 0.421 e. The third-order valence-corrected chi connectivity index (χ3v) is 9.21. The van der Waals surface area contributed by atoms with E-state index in [9.17, 15) is 19.2 Å². The van der Waals surface area contributed by atoms with Gasteiger partial charge in [-0.3, -0.25) is 19.2 Å². The summed E-state index contributed by atoms with van der Waals surface area (Å²) in [5, 5.41) is 0. The Labute approximate surface area is 290 Å². The minimum atomic E-state index is -1.85. The van der Waals surface area contributed by atoms with Crippen LogP contribution in [0.2, 0.25) is 0 Å². The van der Waals surface area contributed by atoms with Gasteiger partial charge in [-0.25, -0.2) is 9.69 Å². The molecule has 0 bridgehead atoms. The Morgan fingerprint density at radius 3 is 1.86 bits per heavy atom. The van der Waals surface area contributed by atoms with Crippen molar-refractivity contribution in [1.82, 2.24) is 0 Å². The number of methoxy groups -OCH3 is 2. The van der Waals surface area contributed by atoms with Crippen LogP contribution in [0.3, 0.4) is 0 Å². The highest BCUT2D eigenvalue weighted by atomic mass is 16.6. The maximum atomic E-state index is 15.2. The highest BCUT2D eigenvalue weighted by molar-refractivity contribution is 6.26. The smallest absolute Gasteiger partial charge is 0.421 e. The molecule has 0 N–H and O–H groups in total. The van der Waals surface area contributed by atoms with E-state index in [0.29, 0.717) is 22.6 Å². The molecule has 50 heavy (non-hydrogen) atoms. The van der Waals surface area contributed by atoms with E-state index in [0.717, 1.165) is 4.90 Å². The van der Waals surface area contributed by atoms with Crippen LogP contribution in [0.4, 0.5) is 10.5 Å². The molecule has 0 unspecified atom stereocenters. The summed E-state index contributed by atoms with van der Waals surface area (Å²) in [5.41, 5.74) is -1.26. The lowest BCUT2D eigenvalue weighted by atomic mass is 9.62. The SMILES string of the molecule is COc1ccc(C(=O)C[C@@H]2C=C(C(=O)c3ccc(OC)cc3)[C@@H](C(=O)c3ccccc3)[C@]23C(=O)N(C(=O)OC(C)(C)C)c2ccccc23)cc1. The number of amides is 2. The monoisotopic (exact) mass is 671 g/mol. The van der Waals surface area contributed by atoms with Crippen molar-refractivity contribution in [2.24, 2.45) is 11.8 Å². The van der Waals surface area contributed by atoms with Gasteiger partial charge >= 0.3 is 6.09 Å². The number of benzene rings is 4. The molecule has 2 aliphatic rings. The largest absolute Gasteiger partial charge is 0.497 e. The fourth-order valence-corrected chi connectivity index (χ4v) is 7.01. The zero-order valence-electron chi connectivity index (χ0n) is 28.5. The zero-order valence-corrected chi connectivity index (χ0v) is 28.5. The molecular weight excluding hydrogens is 634 g/mol. The highest BCUT2D eigenvalue weighted by Gasteiger charge is 2.67. The van der Waals surface area contributed by atoms with Gasteiger partial charge in [-0.2, -0.15) is 0 Å². The van der Waals surface area contributed by atoms with Gasteiger partial charge in [0.05, 0.1) is 31.2 Å². The molecule has 9 nitrogen and oxygen atoms in total. The summed E-state index contributed by atoms with van der Waals surface area (Å²) in [4.78, 5) is 73.5. The first-order valence-electron chi connectivity index (χ1n) is 16.2. The van der Waals surface area contributed by atoms with Crippen molar-refractivity contribution in [2.75, 3.05) is 19.1 Å². The van der Waals surface area contributed by atoms with Gasteiger partial charge in [0.15, 0.2) is 17.3 Å². The van der Waals surface area contributed by atoms with Gasteiger partial charge in [0.2, 0.25) is 5.91 Å². The van der Waals surface area contributed by atoms with E-state index in [-0.39, 0.29) is 34.6 Å². The molecule has 0 fully saturated rings. The standard InChI is InChI=1S/C41H37NO8/c1-40(2,3)50-39(47)42-33-14-10-9-13-32(33)41(38(42)46)28(24-34(43)25-15-19-29(48-4)20-16-25)23-31(35(41)37(45)26-11-7-6-8-12-26)36(44)27-17-21-30(49-5)22-18-27/h6-23,28,35H,24H2,1-5H3/t28-,35-,41-/m0/s1. The molecule has 1 aliphatic carbocycles. The predicted octanol–water partition coefficient (Wildman–Crippen LogP) is 7.43. The van der Waals surface area contributed by atoms with Crippen LogP contribution >= 0.6 is 0 Å². The van der Waals surface area contributed by atoms with Crippen LogP contribution in [-0.4, -0.2) is 49.2 Å². The third kappa shape index (κ3) is 5.89. The van der Waals surface area contributed by atoms with Crippen LogP contribution in [0, 0.1) is 11.8 Å². The molecule has 1 aliphatic heterocycles. The summed E-state index contributed by atoms with van der Waals surface area (Å²) < 4.78 is 16.3. The number of imide groups is 1. The van der Waals surface area contributed by atoms with E-state index >= 15 is 4.79 Å². The van der Waals surface area contributed by atoms with Gasteiger partial charge in [-0.15, -0.1) is 0 Å². The van der Waals surface area contributed by atoms with Crippen LogP contribution in [0.15, 0.2) is 115 Å². The molecule has 9 heteroatoms. The summed E-state index contributed by atoms with van der Waals surface area (Å²) in [7, 11) is 3.04. The van der Waals surface area contributed by atoms with Crippen LogP contribution in [0.25, 0.3) is 0 Å². The van der Waals surface area contributed by atoms with E-state index in [2.05, 4.69) is 0 Å². The van der Waals surface area contributed by atoms with Crippen molar-refractivity contribution < 1.29 is 38.2 Å². The Morgan fingerprint density at radius 1 is 0.720 bits per heavy atom. The average molecular weight is 672 g/mol. The van der Waals surface area contributed by atoms with Gasteiger partial charge in [-0.05, 0) is 80.9 Å². The van der Waals surface area contributed by atoms with E-state index in [1.165, 1.54) is 14.2 Å². The number of carbonyl (C=O) groups excluding carboxylic acids is 5. The third-order valence-electron chi connectivity index (χ3n) is 9.21. The quantitative estimate of drug-likeness (QED) is 0.169. The zero-order chi connectivity index (χ0) is 35.8. The van der Waals surface area contributed by atoms with Gasteiger partial charge in [0.25, 0.3) is 0 Å². The lowest BCUT2D eigenvalue weighted by molar-refractivity contribution is -0.125. The molecular formula is C41H37NO8. The normalized spacial score (nSPS) is 19.5. The Morgan fingerprint density at radius 2 is 1.28 bits per heavy atom. The van der Waals surface area contributed by atoms with Crippen molar-refractivity contribution >= 4 is 35.0 Å². The number of allylic oxidation sites excluding steroid dienone is 2. The topological polar surface area (TPSA) is 116 Å².